The van der Waals surface area contributed by atoms with Gasteiger partial charge in [0.15, 0.2) is 11.6 Å². The smallest absolute Gasteiger partial charge is 0.176 e. The highest BCUT2D eigenvalue weighted by molar-refractivity contribution is 5.44. The lowest BCUT2D eigenvalue weighted by molar-refractivity contribution is 0.539. The first kappa shape index (κ1) is 12.5. The molecule has 3 aromatic rings. The summed E-state index contributed by atoms with van der Waals surface area (Å²) in [6.45, 7) is 2.14. The molecule has 0 radical (unpaired) electrons. The average molecular weight is 268 g/mol. The predicted molar refractivity (Wildman–Crippen MR) is 74.9 cm³/mol. The van der Waals surface area contributed by atoms with Gasteiger partial charge in [0.1, 0.15) is 0 Å². The van der Waals surface area contributed by atoms with Crippen LogP contribution in [-0.2, 0) is 13.5 Å². The maximum atomic E-state index is 4.43. The second kappa shape index (κ2) is 5.24. The second-order valence-electron chi connectivity index (χ2n) is 4.77. The standard InChI is InChI=1S/C14H16N6/c1-11(9-12-10-15-3-4-16-12)20-8-6-18-14(20)13-17-5-7-19(13)2/h3-8,10-11H,9H2,1-2H3. The maximum Gasteiger partial charge on any atom is 0.176 e. The molecule has 0 amide bonds. The number of hydrogen-bond acceptors (Lipinski definition) is 4. The molecule has 20 heavy (non-hydrogen) atoms. The maximum absolute atomic E-state index is 4.43. The van der Waals surface area contributed by atoms with Gasteiger partial charge in [0.05, 0.1) is 5.69 Å². The lowest BCUT2D eigenvalue weighted by atomic mass is 10.2. The van der Waals surface area contributed by atoms with E-state index < -0.39 is 0 Å². The minimum absolute atomic E-state index is 0.237. The van der Waals surface area contributed by atoms with Gasteiger partial charge >= 0.3 is 0 Å². The van der Waals surface area contributed by atoms with Crippen molar-refractivity contribution in [3.05, 3.63) is 49.1 Å². The molecule has 0 aromatic carbocycles. The van der Waals surface area contributed by atoms with Gasteiger partial charge in [-0.15, -0.1) is 0 Å². The van der Waals surface area contributed by atoms with Crippen molar-refractivity contribution < 1.29 is 0 Å². The molecule has 3 rings (SSSR count). The van der Waals surface area contributed by atoms with Gasteiger partial charge in [-0.25, -0.2) is 9.97 Å². The van der Waals surface area contributed by atoms with Crippen LogP contribution in [0.25, 0.3) is 11.6 Å². The van der Waals surface area contributed by atoms with Crippen molar-refractivity contribution >= 4 is 0 Å². The number of hydrogen-bond donors (Lipinski definition) is 0. The molecule has 102 valence electrons. The largest absolute Gasteiger partial charge is 0.331 e. The quantitative estimate of drug-likeness (QED) is 0.724. The summed E-state index contributed by atoms with van der Waals surface area (Å²) in [5, 5.41) is 0. The first-order valence-corrected chi connectivity index (χ1v) is 6.51. The third-order valence-electron chi connectivity index (χ3n) is 3.29. The SMILES string of the molecule is CC(Cc1cnccn1)n1ccnc1-c1nccn1C. The highest BCUT2D eigenvalue weighted by Crippen LogP contribution is 2.21. The fraction of sp³-hybridized carbons (Fsp3) is 0.286. The highest BCUT2D eigenvalue weighted by Gasteiger charge is 2.15. The summed E-state index contributed by atoms with van der Waals surface area (Å²) in [5.74, 6) is 1.73. The molecule has 0 saturated heterocycles. The Balaban J connectivity index is 1.88. The molecule has 1 atom stereocenters. The third-order valence-corrected chi connectivity index (χ3v) is 3.29. The molecular weight excluding hydrogens is 252 g/mol. The summed E-state index contributed by atoms with van der Waals surface area (Å²) in [7, 11) is 1.97. The Morgan fingerprint density at radius 1 is 1.00 bits per heavy atom. The van der Waals surface area contributed by atoms with Crippen LogP contribution < -0.4 is 0 Å². The monoisotopic (exact) mass is 268 g/mol. The summed E-state index contributed by atoms with van der Waals surface area (Å²) in [6.07, 6.45) is 13.5. The highest BCUT2D eigenvalue weighted by atomic mass is 15.2. The number of aryl methyl sites for hydroxylation is 1. The normalized spacial score (nSPS) is 12.5. The van der Waals surface area contributed by atoms with E-state index in [1.807, 2.05) is 24.0 Å². The van der Waals surface area contributed by atoms with Gasteiger partial charge in [-0.3, -0.25) is 9.97 Å². The molecule has 6 nitrogen and oxygen atoms in total. The molecule has 0 fully saturated rings. The summed E-state index contributed by atoms with van der Waals surface area (Å²) in [6, 6.07) is 0.237. The minimum atomic E-state index is 0.237. The van der Waals surface area contributed by atoms with Crippen LogP contribution >= 0.6 is 0 Å². The lowest BCUT2D eigenvalue weighted by Crippen LogP contribution is -2.11. The van der Waals surface area contributed by atoms with Crippen LogP contribution in [0.15, 0.2) is 43.4 Å². The van der Waals surface area contributed by atoms with E-state index in [1.165, 1.54) is 0 Å². The van der Waals surface area contributed by atoms with Crippen molar-refractivity contribution in [2.75, 3.05) is 0 Å². The van der Waals surface area contributed by atoms with E-state index in [0.717, 1.165) is 23.8 Å². The summed E-state index contributed by atoms with van der Waals surface area (Å²) in [5.41, 5.74) is 0.972. The van der Waals surface area contributed by atoms with Gasteiger partial charge in [0.25, 0.3) is 0 Å². The fourth-order valence-corrected chi connectivity index (χ4v) is 2.26. The zero-order valence-corrected chi connectivity index (χ0v) is 11.5. The van der Waals surface area contributed by atoms with Crippen LogP contribution in [0.4, 0.5) is 0 Å². The van der Waals surface area contributed by atoms with E-state index in [9.17, 15) is 0 Å². The molecule has 3 heterocycles. The van der Waals surface area contributed by atoms with E-state index in [-0.39, 0.29) is 6.04 Å². The van der Waals surface area contributed by atoms with Gasteiger partial charge < -0.3 is 9.13 Å². The average Bonchev–Trinajstić information content (AvgIpc) is 3.07. The second-order valence-corrected chi connectivity index (χ2v) is 4.77. The Kier molecular flexibility index (Phi) is 3.28. The number of imidazole rings is 2. The fourth-order valence-electron chi connectivity index (χ4n) is 2.26. The van der Waals surface area contributed by atoms with Crippen molar-refractivity contribution in [1.29, 1.82) is 0 Å². The Morgan fingerprint density at radius 2 is 1.80 bits per heavy atom. The number of nitrogens with zero attached hydrogens (tertiary/aromatic N) is 6. The van der Waals surface area contributed by atoms with Crippen LogP contribution in [0.5, 0.6) is 0 Å². The van der Waals surface area contributed by atoms with Gasteiger partial charge in [0.2, 0.25) is 0 Å². The van der Waals surface area contributed by atoms with E-state index in [4.69, 9.17) is 0 Å². The Morgan fingerprint density at radius 3 is 2.50 bits per heavy atom. The molecule has 0 bridgehead atoms. The molecule has 1 unspecified atom stereocenters. The van der Waals surface area contributed by atoms with Crippen molar-refractivity contribution in [1.82, 2.24) is 29.1 Å². The lowest BCUT2D eigenvalue weighted by Gasteiger charge is -2.15. The summed E-state index contributed by atoms with van der Waals surface area (Å²) >= 11 is 0. The molecule has 0 aliphatic rings. The zero-order valence-electron chi connectivity index (χ0n) is 11.5. The Bertz CT molecular complexity index is 685. The molecule has 0 N–H and O–H groups in total. The molecule has 0 saturated carbocycles. The van der Waals surface area contributed by atoms with Crippen molar-refractivity contribution in [2.24, 2.45) is 7.05 Å². The van der Waals surface area contributed by atoms with Gasteiger partial charge in [-0.05, 0) is 6.92 Å². The van der Waals surface area contributed by atoms with E-state index >= 15 is 0 Å². The first-order valence-electron chi connectivity index (χ1n) is 6.51. The Labute approximate surface area is 117 Å². The van der Waals surface area contributed by atoms with Crippen LogP contribution in [0.3, 0.4) is 0 Å². The van der Waals surface area contributed by atoms with E-state index in [1.54, 1.807) is 31.0 Å². The van der Waals surface area contributed by atoms with Crippen LogP contribution in [-0.4, -0.2) is 29.1 Å². The van der Waals surface area contributed by atoms with Gasteiger partial charge in [0, 0.05) is 62.9 Å². The van der Waals surface area contributed by atoms with Gasteiger partial charge in [-0.2, -0.15) is 0 Å². The number of rotatable bonds is 4. The van der Waals surface area contributed by atoms with Crippen LogP contribution in [0.1, 0.15) is 18.7 Å². The molecule has 0 aliphatic heterocycles. The summed E-state index contributed by atoms with van der Waals surface area (Å²) < 4.78 is 4.09. The third kappa shape index (κ3) is 2.32. The Hall–Kier alpha value is -2.50. The number of aromatic nitrogens is 6. The van der Waals surface area contributed by atoms with Crippen LogP contribution in [0, 0.1) is 0 Å². The molecular formula is C14H16N6. The topological polar surface area (TPSA) is 61.4 Å². The molecule has 6 heteroatoms. The molecule has 0 spiro atoms. The van der Waals surface area contributed by atoms with E-state index in [2.05, 4.69) is 31.4 Å². The van der Waals surface area contributed by atoms with Gasteiger partial charge in [-0.1, -0.05) is 0 Å². The van der Waals surface area contributed by atoms with Crippen molar-refractivity contribution in [3.63, 3.8) is 0 Å². The zero-order chi connectivity index (χ0) is 13.9. The first-order chi connectivity index (χ1) is 9.75. The molecule has 0 aliphatic carbocycles. The van der Waals surface area contributed by atoms with E-state index in [0.29, 0.717) is 0 Å². The van der Waals surface area contributed by atoms with Crippen LogP contribution in [0.2, 0.25) is 0 Å². The predicted octanol–water partition coefficient (Wildman–Crippen LogP) is 1.88. The molecule has 3 aromatic heterocycles. The minimum Gasteiger partial charge on any atom is -0.331 e. The summed E-state index contributed by atoms with van der Waals surface area (Å²) in [4.78, 5) is 17.2. The van der Waals surface area contributed by atoms with Crippen molar-refractivity contribution in [3.8, 4) is 11.6 Å². The van der Waals surface area contributed by atoms with Crippen molar-refractivity contribution in [2.45, 2.75) is 19.4 Å².